The Labute approximate surface area is 305 Å². The number of fused-ring (bicyclic) bond motifs is 2. The van der Waals surface area contributed by atoms with E-state index in [0.29, 0.717) is 53.6 Å². The summed E-state index contributed by atoms with van der Waals surface area (Å²) in [6.07, 6.45) is 2.82. The average molecular weight is 733 g/mol. The van der Waals surface area contributed by atoms with Crippen LogP contribution in [0.3, 0.4) is 0 Å². The minimum Gasteiger partial charge on any atom is -0.382 e. The first-order valence-corrected chi connectivity index (χ1v) is 18.2. The van der Waals surface area contributed by atoms with Crippen molar-refractivity contribution in [2.24, 2.45) is 5.73 Å². The number of nitrogens with two attached hydrogens (primary N) is 3. The number of hydrogen-bond acceptors (Lipinski definition) is 12. The highest BCUT2D eigenvalue weighted by atomic mass is 32.1. The summed E-state index contributed by atoms with van der Waals surface area (Å²) in [4.78, 5) is 54.0. The van der Waals surface area contributed by atoms with Gasteiger partial charge in [0.25, 0.3) is 0 Å². The summed E-state index contributed by atoms with van der Waals surface area (Å²) in [7, 11) is 0. The van der Waals surface area contributed by atoms with E-state index in [1.165, 1.54) is 4.88 Å². The number of hydrogen-bond donors (Lipinski definition) is 5. The van der Waals surface area contributed by atoms with E-state index in [0.717, 1.165) is 44.8 Å². The second kappa shape index (κ2) is 14.3. The van der Waals surface area contributed by atoms with Crippen molar-refractivity contribution in [3.05, 3.63) is 119 Å². The Morgan fingerprint density at radius 3 is 1.75 bits per heavy atom. The summed E-state index contributed by atoms with van der Waals surface area (Å²) in [6.45, 7) is 6.97. The number of pyridine rings is 1. The van der Waals surface area contributed by atoms with Gasteiger partial charge in [-0.2, -0.15) is 0 Å². The maximum absolute atomic E-state index is 12.3. The van der Waals surface area contributed by atoms with Gasteiger partial charge in [0.1, 0.15) is 22.7 Å². The predicted molar refractivity (Wildman–Crippen MR) is 207 cm³/mol. The number of nitrogen functional groups attached to an aromatic ring is 2. The maximum Gasteiger partial charge on any atom is 0.328 e. The van der Waals surface area contributed by atoms with E-state index in [-0.39, 0.29) is 23.0 Å². The van der Waals surface area contributed by atoms with Crippen LogP contribution in [0.25, 0.3) is 44.7 Å². The van der Waals surface area contributed by atoms with Gasteiger partial charge in [-0.25, -0.2) is 29.5 Å². The molecule has 0 aliphatic carbocycles. The van der Waals surface area contributed by atoms with Crippen LogP contribution >= 0.6 is 22.7 Å². The lowest BCUT2D eigenvalue weighted by atomic mass is 10.1. The van der Waals surface area contributed by atoms with Gasteiger partial charge in [-0.15, -0.1) is 22.7 Å². The molecule has 7 aromatic heterocycles. The smallest absolute Gasteiger partial charge is 0.328 e. The molecule has 0 amide bonds. The van der Waals surface area contributed by atoms with Gasteiger partial charge in [0, 0.05) is 33.4 Å². The van der Waals surface area contributed by atoms with Gasteiger partial charge in [0.2, 0.25) is 0 Å². The molecule has 8 aromatic rings. The van der Waals surface area contributed by atoms with E-state index < -0.39 is 0 Å². The summed E-state index contributed by atoms with van der Waals surface area (Å²) in [5, 5.41) is 4.22. The zero-order valence-corrected chi connectivity index (χ0v) is 30.3. The van der Waals surface area contributed by atoms with Gasteiger partial charge >= 0.3 is 11.4 Å². The molecule has 0 unspecified atom stereocenters. The molecule has 0 radical (unpaired) electrons. The monoisotopic (exact) mass is 732 g/mol. The number of nitrogens with one attached hydrogen (secondary N) is 2. The number of benzene rings is 1. The minimum atomic E-state index is -0.263. The van der Waals surface area contributed by atoms with Crippen LogP contribution in [0.2, 0.25) is 0 Å². The summed E-state index contributed by atoms with van der Waals surface area (Å²) in [6, 6.07) is 16.3. The Kier molecular flexibility index (Phi) is 9.51. The second-order valence-electron chi connectivity index (χ2n) is 12.2. The molecule has 16 heteroatoms. The molecule has 0 bridgehead atoms. The number of aryl methyl sites for hydroxylation is 3. The molecule has 14 nitrogen and oxygen atoms in total. The molecular formula is C36H36N12O2S2. The van der Waals surface area contributed by atoms with E-state index in [2.05, 4.69) is 64.7 Å². The summed E-state index contributed by atoms with van der Waals surface area (Å²) < 4.78 is 3.13. The molecule has 0 atom stereocenters. The third kappa shape index (κ3) is 6.99. The average Bonchev–Trinajstić information content (AvgIpc) is 3.94. The van der Waals surface area contributed by atoms with Crippen LogP contribution in [0.5, 0.6) is 0 Å². The highest BCUT2D eigenvalue weighted by Gasteiger charge is 2.15. The first kappa shape index (κ1) is 34.5. The van der Waals surface area contributed by atoms with Crippen molar-refractivity contribution in [1.29, 1.82) is 0 Å². The third-order valence-corrected chi connectivity index (χ3v) is 10.5. The van der Waals surface area contributed by atoms with Crippen molar-refractivity contribution >= 4 is 56.6 Å². The van der Waals surface area contributed by atoms with Crippen LogP contribution in [0.1, 0.15) is 39.5 Å². The Morgan fingerprint density at radius 1 is 0.692 bits per heavy atom. The summed E-state index contributed by atoms with van der Waals surface area (Å²) in [5.41, 5.74) is 25.2. The highest BCUT2D eigenvalue weighted by molar-refractivity contribution is 7.10. The molecule has 8 rings (SSSR count). The van der Waals surface area contributed by atoms with Crippen molar-refractivity contribution in [2.45, 2.75) is 46.8 Å². The fourth-order valence-electron chi connectivity index (χ4n) is 5.82. The van der Waals surface area contributed by atoms with Crippen LogP contribution in [0, 0.1) is 13.8 Å². The van der Waals surface area contributed by atoms with Crippen LogP contribution in [-0.2, 0) is 26.1 Å². The molecule has 52 heavy (non-hydrogen) atoms. The lowest BCUT2D eigenvalue weighted by Crippen LogP contribution is -2.18. The molecule has 0 fully saturated rings. The molecule has 264 valence electrons. The van der Waals surface area contributed by atoms with E-state index >= 15 is 0 Å². The molecular weight excluding hydrogens is 697 g/mol. The number of aromatic nitrogens is 9. The normalized spacial score (nSPS) is 11.3. The van der Waals surface area contributed by atoms with E-state index in [9.17, 15) is 9.59 Å². The zero-order valence-electron chi connectivity index (χ0n) is 28.7. The number of anilines is 2. The van der Waals surface area contributed by atoms with Gasteiger partial charge < -0.3 is 27.2 Å². The van der Waals surface area contributed by atoms with Crippen LogP contribution in [0.15, 0.2) is 75.1 Å². The Morgan fingerprint density at radius 2 is 1.23 bits per heavy atom. The molecule has 8 N–H and O–H groups in total. The van der Waals surface area contributed by atoms with Crippen LogP contribution in [-0.4, -0.2) is 44.0 Å². The molecule has 0 spiro atoms. The number of rotatable bonds is 8. The van der Waals surface area contributed by atoms with Crippen molar-refractivity contribution in [3.63, 3.8) is 0 Å². The second-order valence-corrected chi connectivity index (χ2v) is 14.1. The van der Waals surface area contributed by atoms with E-state index in [1.807, 2.05) is 36.4 Å². The van der Waals surface area contributed by atoms with Crippen molar-refractivity contribution in [2.75, 3.05) is 11.5 Å². The molecule has 7 heterocycles. The van der Waals surface area contributed by atoms with Crippen LogP contribution in [0.4, 0.5) is 11.6 Å². The largest absolute Gasteiger partial charge is 0.382 e. The number of nitrogens with zero attached hydrogens (tertiary/aromatic N) is 7. The Bertz CT molecular complexity index is 2460. The SMILES string of the molecule is CCc1cc(-c2ccc(Cn3c(=O)[nH]c4c(N)nc(C)nc43)cn2)cs1.Cc1nc(N)c2[nH]c(=O)n(Cc3ccc(-c4csc(CN)c4)cc3)c2n1. The molecule has 0 saturated heterocycles. The quantitative estimate of drug-likeness (QED) is 0.141. The fourth-order valence-corrected chi connectivity index (χ4v) is 7.42. The van der Waals surface area contributed by atoms with Crippen molar-refractivity contribution < 1.29 is 0 Å². The zero-order chi connectivity index (χ0) is 36.5. The summed E-state index contributed by atoms with van der Waals surface area (Å²) >= 11 is 3.40. The standard InChI is InChI=1S/2C18H18N6OS/c1-10-21-16(20)15-17(22-10)24(18(25)23-15)8-11-2-4-12(5-3-11)13-6-14(7-19)26-9-13;1-3-13-6-12(9-26-13)14-5-4-11(7-20-14)8-24-17-15(23-18(24)25)16(19)21-10(2)22-17/h2-6,9H,7-8,19H2,1H3,(H,23,25)(H2,20,21,22);4-7,9H,3,8H2,1-2H3,(H,23,25)(H2,19,21,22). The van der Waals surface area contributed by atoms with Crippen molar-refractivity contribution in [3.8, 4) is 22.4 Å². The lowest BCUT2D eigenvalue weighted by Gasteiger charge is -2.05. The first-order valence-electron chi connectivity index (χ1n) is 16.4. The topological polar surface area (TPSA) is 218 Å². The molecule has 0 aliphatic heterocycles. The molecule has 0 saturated carbocycles. The highest BCUT2D eigenvalue weighted by Crippen LogP contribution is 2.27. The fraction of sp³-hybridized carbons (Fsp3) is 0.194. The Hall–Kier alpha value is -5.97. The van der Waals surface area contributed by atoms with Gasteiger partial charge in [-0.1, -0.05) is 37.3 Å². The van der Waals surface area contributed by atoms with Gasteiger partial charge in [-0.05, 0) is 66.1 Å². The first-order chi connectivity index (χ1) is 25.1. The minimum absolute atomic E-state index is 0.249. The number of thiophene rings is 2. The number of imidazole rings is 2. The van der Waals surface area contributed by atoms with E-state index in [4.69, 9.17) is 17.2 Å². The predicted octanol–water partition coefficient (Wildman–Crippen LogP) is 4.99. The van der Waals surface area contributed by atoms with Crippen LogP contribution < -0.4 is 28.6 Å². The van der Waals surface area contributed by atoms with Crippen molar-refractivity contribution in [1.82, 2.24) is 44.0 Å². The van der Waals surface area contributed by atoms with Gasteiger partial charge in [0.15, 0.2) is 22.9 Å². The summed E-state index contributed by atoms with van der Waals surface area (Å²) in [5.74, 6) is 1.62. The number of H-pyrrole nitrogens is 2. The Balaban J connectivity index is 0.000000162. The maximum atomic E-state index is 12.3. The lowest BCUT2D eigenvalue weighted by molar-refractivity contribution is 0.772. The van der Waals surface area contributed by atoms with Gasteiger partial charge in [0.05, 0.1) is 18.8 Å². The van der Waals surface area contributed by atoms with Gasteiger partial charge in [-0.3, -0.25) is 14.1 Å². The molecule has 1 aromatic carbocycles. The van der Waals surface area contributed by atoms with E-state index in [1.54, 1.807) is 51.9 Å². The number of aromatic amines is 2. The third-order valence-electron chi connectivity index (χ3n) is 8.47. The molecule has 0 aliphatic rings.